The Morgan fingerprint density at radius 3 is 2.31 bits per heavy atom. The van der Waals surface area contributed by atoms with Gasteiger partial charge >= 0.3 is 0 Å². The molecule has 1 N–H and O–H groups in total. The van der Waals surface area contributed by atoms with Gasteiger partial charge in [-0.05, 0) is 29.8 Å². The van der Waals surface area contributed by atoms with Gasteiger partial charge in [-0.1, -0.05) is 0 Å². The van der Waals surface area contributed by atoms with Gasteiger partial charge in [0.25, 0.3) is 0 Å². The van der Waals surface area contributed by atoms with Crippen molar-refractivity contribution in [2.45, 2.75) is 0 Å². The summed E-state index contributed by atoms with van der Waals surface area (Å²) >= 11 is 1.43. The van der Waals surface area contributed by atoms with E-state index in [4.69, 9.17) is 10.1 Å². The summed E-state index contributed by atoms with van der Waals surface area (Å²) in [6.07, 6.45) is 0. The maximum atomic E-state index is 7.62. The summed E-state index contributed by atoms with van der Waals surface area (Å²) in [7, 11) is 3.56. The molecule has 0 radical (unpaired) electrons. The average Bonchev–Trinajstić information content (AvgIpc) is 2.60. The maximum Gasteiger partial charge on any atom is 0.182 e. The molecule has 2 rings (SSSR count). The molecule has 3 nitrogen and oxygen atoms in total. The maximum absolute atomic E-state index is 7.62. The number of thiazole rings is 1. The van der Waals surface area contributed by atoms with E-state index in [1.54, 1.807) is 7.11 Å². The topological polar surface area (TPSA) is 38.0 Å². The molecule has 86 valence electrons. The van der Waals surface area contributed by atoms with Gasteiger partial charge < -0.3 is 9.30 Å². The van der Waals surface area contributed by atoms with Crippen LogP contribution >= 0.6 is 28.3 Å². The first-order valence-corrected chi connectivity index (χ1v) is 5.44. The fraction of sp³-hybridized carbons (Fsp3) is 0.182. The van der Waals surface area contributed by atoms with Gasteiger partial charge in [-0.3, -0.25) is 5.41 Å². The Labute approximate surface area is 109 Å². The quantitative estimate of drug-likeness (QED) is 0.910. The molecule has 0 aliphatic rings. The van der Waals surface area contributed by atoms with E-state index < -0.39 is 0 Å². The lowest BCUT2D eigenvalue weighted by atomic mass is 10.1. The molecule has 1 aromatic carbocycles. The second-order valence-electron chi connectivity index (χ2n) is 3.21. The van der Waals surface area contributed by atoms with E-state index >= 15 is 0 Å². The van der Waals surface area contributed by atoms with Crippen LogP contribution in [0.1, 0.15) is 0 Å². The molecule has 5 heteroatoms. The molecule has 0 amide bonds. The number of hydrogen-bond acceptors (Lipinski definition) is 3. The van der Waals surface area contributed by atoms with Crippen LogP contribution in [0.5, 0.6) is 5.75 Å². The molecule has 0 aliphatic heterocycles. The molecule has 0 spiro atoms. The first kappa shape index (κ1) is 13.0. The minimum Gasteiger partial charge on any atom is -0.497 e. The Kier molecular flexibility index (Phi) is 4.32. The molecular weight excluding hydrogens is 288 g/mol. The molecular formula is C11H13BrN2OS. The predicted octanol–water partition coefficient (Wildman–Crippen LogP) is 2.82. The Balaban J connectivity index is 0.00000128. The fourth-order valence-electron chi connectivity index (χ4n) is 1.40. The Bertz CT molecular complexity index is 516. The predicted molar refractivity (Wildman–Crippen MR) is 71.5 cm³/mol. The lowest BCUT2D eigenvalue weighted by molar-refractivity contribution is 0.415. The molecule has 0 aliphatic carbocycles. The summed E-state index contributed by atoms with van der Waals surface area (Å²) < 4.78 is 6.97. The van der Waals surface area contributed by atoms with E-state index in [0.29, 0.717) is 4.80 Å². The van der Waals surface area contributed by atoms with Crippen molar-refractivity contribution in [2.75, 3.05) is 7.11 Å². The Morgan fingerprint density at radius 1 is 1.25 bits per heavy atom. The Morgan fingerprint density at radius 2 is 1.88 bits per heavy atom. The number of nitrogens with zero attached hydrogens (tertiary/aromatic N) is 1. The third-order valence-electron chi connectivity index (χ3n) is 2.33. The van der Waals surface area contributed by atoms with Gasteiger partial charge in [0.1, 0.15) is 5.75 Å². The van der Waals surface area contributed by atoms with Crippen LogP contribution in [0.15, 0.2) is 29.6 Å². The van der Waals surface area contributed by atoms with E-state index in [1.807, 2.05) is 41.3 Å². The van der Waals surface area contributed by atoms with E-state index in [2.05, 4.69) is 0 Å². The largest absolute Gasteiger partial charge is 0.497 e. The van der Waals surface area contributed by atoms with Gasteiger partial charge in [0.15, 0.2) is 4.80 Å². The first-order chi connectivity index (χ1) is 7.22. The number of aromatic nitrogens is 1. The normalized spacial score (nSPS) is 9.62. The second kappa shape index (κ2) is 5.32. The summed E-state index contributed by atoms with van der Waals surface area (Å²) in [5.41, 5.74) is 2.17. The van der Waals surface area contributed by atoms with Crippen LogP contribution in [0.2, 0.25) is 0 Å². The van der Waals surface area contributed by atoms with Crippen molar-refractivity contribution in [1.82, 2.24) is 4.57 Å². The molecule has 0 atom stereocenters. The Hall–Kier alpha value is -1.07. The third-order valence-corrected chi connectivity index (χ3v) is 3.17. The van der Waals surface area contributed by atoms with Crippen molar-refractivity contribution in [1.29, 1.82) is 5.41 Å². The molecule has 16 heavy (non-hydrogen) atoms. The monoisotopic (exact) mass is 300 g/mol. The van der Waals surface area contributed by atoms with Gasteiger partial charge in [0.2, 0.25) is 0 Å². The third kappa shape index (κ3) is 2.36. The molecule has 0 saturated heterocycles. The fourth-order valence-corrected chi connectivity index (χ4v) is 2.18. The summed E-state index contributed by atoms with van der Waals surface area (Å²) in [6, 6.07) is 7.86. The summed E-state index contributed by atoms with van der Waals surface area (Å²) in [5, 5.41) is 9.62. The van der Waals surface area contributed by atoms with Gasteiger partial charge in [-0.25, -0.2) is 0 Å². The highest BCUT2D eigenvalue weighted by atomic mass is 79.9. The number of benzene rings is 1. The zero-order chi connectivity index (χ0) is 10.8. The summed E-state index contributed by atoms with van der Waals surface area (Å²) in [5.74, 6) is 0.850. The number of hydrogen-bond donors (Lipinski definition) is 1. The zero-order valence-electron chi connectivity index (χ0n) is 9.06. The number of nitrogens with one attached hydrogen (secondary N) is 1. The molecule has 2 aromatic rings. The van der Waals surface area contributed by atoms with E-state index in [-0.39, 0.29) is 17.0 Å². The van der Waals surface area contributed by atoms with Crippen LogP contribution in [-0.2, 0) is 7.05 Å². The van der Waals surface area contributed by atoms with Crippen LogP contribution in [-0.4, -0.2) is 11.7 Å². The minimum atomic E-state index is 0. The van der Waals surface area contributed by atoms with Crippen LogP contribution in [0, 0.1) is 5.41 Å². The second-order valence-corrected chi connectivity index (χ2v) is 4.07. The summed E-state index contributed by atoms with van der Waals surface area (Å²) in [6.45, 7) is 0. The smallest absolute Gasteiger partial charge is 0.182 e. The lowest BCUT2D eigenvalue weighted by Gasteiger charge is -2.04. The van der Waals surface area contributed by atoms with Crippen molar-refractivity contribution >= 4 is 28.3 Å². The van der Waals surface area contributed by atoms with Gasteiger partial charge in [-0.2, -0.15) is 0 Å². The van der Waals surface area contributed by atoms with Gasteiger partial charge in [-0.15, -0.1) is 28.3 Å². The van der Waals surface area contributed by atoms with Crippen molar-refractivity contribution in [3.05, 3.63) is 34.4 Å². The minimum absolute atomic E-state index is 0. The van der Waals surface area contributed by atoms with Crippen molar-refractivity contribution in [2.24, 2.45) is 7.05 Å². The van der Waals surface area contributed by atoms with Crippen molar-refractivity contribution in [3.63, 3.8) is 0 Å². The molecule has 1 heterocycles. The summed E-state index contributed by atoms with van der Waals surface area (Å²) in [4.78, 5) is 0.556. The average molecular weight is 301 g/mol. The van der Waals surface area contributed by atoms with Gasteiger partial charge in [0, 0.05) is 12.4 Å². The molecule has 0 fully saturated rings. The van der Waals surface area contributed by atoms with E-state index in [0.717, 1.165) is 17.0 Å². The van der Waals surface area contributed by atoms with Crippen LogP contribution in [0.3, 0.4) is 0 Å². The number of rotatable bonds is 2. The van der Waals surface area contributed by atoms with Crippen LogP contribution in [0.25, 0.3) is 11.3 Å². The number of halogens is 1. The highest BCUT2D eigenvalue weighted by Gasteiger charge is 2.03. The van der Waals surface area contributed by atoms with Crippen molar-refractivity contribution in [3.8, 4) is 17.0 Å². The highest BCUT2D eigenvalue weighted by Crippen LogP contribution is 2.21. The zero-order valence-corrected chi connectivity index (χ0v) is 11.6. The SMILES string of the molecule is Br.COc1ccc(-c2csc(=N)n2C)cc1. The van der Waals surface area contributed by atoms with Crippen molar-refractivity contribution < 1.29 is 4.74 Å². The standard InChI is InChI=1S/C11H12N2OS.BrH/c1-13-10(7-15-11(13)12)8-3-5-9(14-2)6-4-8;/h3-7,12H,1-2H3;1H. The van der Waals surface area contributed by atoms with E-state index in [1.165, 1.54) is 11.3 Å². The van der Waals surface area contributed by atoms with Crippen LogP contribution in [0.4, 0.5) is 0 Å². The first-order valence-electron chi connectivity index (χ1n) is 4.56. The molecule has 0 unspecified atom stereocenters. The van der Waals surface area contributed by atoms with Crippen LogP contribution < -0.4 is 9.54 Å². The number of ether oxygens (including phenoxy) is 1. The highest BCUT2D eigenvalue weighted by molar-refractivity contribution is 8.93. The number of methoxy groups -OCH3 is 1. The lowest BCUT2D eigenvalue weighted by Crippen LogP contribution is -2.08. The van der Waals surface area contributed by atoms with Gasteiger partial charge in [0.05, 0.1) is 12.8 Å². The molecule has 0 saturated carbocycles. The molecule has 1 aromatic heterocycles. The molecule has 0 bridgehead atoms. The van der Waals surface area contributed by atoms with E-state index in [9.17, 15) is 0 Å².